The molecule has 2 atom stereocenters. The van der Waals surface area contributed by atoms with Crippen LogP contribution in [0.1, 0.15) is 30.0 Å². The Morgan fingerprint density at radius 3 is 3.00 bits per heavy atom. The van der Waals surface area contributed by atoms with Gasteiger partial charge >= 0.3 is 0 Å². The first-order chi connectivity index (χ1) is 9.38. The fourth-order valence-corrected chi connectivity index (χ4v) is 3.54. The van der Waals surface area contributed by atoms with Gasteiger partial charge in [0.1, 0.15) is 0 Å². The summed E-state index contributed by atoms with van der Waals surface area (Å²) < 4.78 is 0. The topological polar surface area (TPSA) is 27.3 Å². The molecule has 0 aliphatic carbocycles. The van der Waals surface area contributed by atoms with Crippen molar-refractivity contribution in [3.63, 3.8) is 0 Å². The highest BCUT2D eigenvalue weighted by molar-refractivity contribution is 5.33. The van der Waals surface area contributed by atoms with Crippen LogP contribution in [0.3, 0.4) is 0 Å². The van der Waals surface area contributed by atoms with Crippen molar-refractivity contribution in [1.82, 2.24) is 15.5 Å². The number of nitrogens with one attached hydrogen (secondary N) is 2. The zero-order valence-electron chi connectivity index (χ0n) is 11.9. The van der Waals surface area contributed by atoms with Gasteiger partial charge in [-0.3, -0.25) is 4.90 Å². The summed E-state index contributed by atoms with van der Waals surface area (Å²) in [4.78, 5) is 2.68. The van der Waals surface area contributed by atoms with Gasteiger partial charge < -0.3 is 10.6 Å². The van der Waals surface area contributed by atoms with Crippen molar-refractivity contribution in [1.29, 1.82) is 0 Å². The molecule has 0 bridgehead atoms. The fourth-order valence-electron chi connectivity index (χ4n) is 3.54. The summed E-state index contributed by atoms with van der Waals surface area (Å²) in [6.45, 7) is 4.62. The second kappa shape index (κ2) is 6.04. The average molecular weight is 259 g/mol. The van der Waals surface area contributed by atoms with Crippen LogP contribution in [0.4, 0.5) is 0 Å². The summed E-state index contributed by atoms with van der Waals surface area (Å²) in [6.07, 6.45) is 3.79. The number of nitrogens with zero attached hydrogens (tertiary/aromatic N) is 1. The van der Waals surface area contributed by atoms with Crippen LogP contribution in [0.15, 0.2) is 24.3 Å². The van der Waals surface area contributed by atoms with Gasteiger partial charge in [-0.05, 0) is 37.4 Å². The van der Waals surface area contributed by atoms with Crippen LogP contribution in [-0.2, 0) is 6.42 Å². The van der Waals surface area contributed by atoms with Gasteiger partial charge in [0.2, 0.25) is 0 Å². The van der Waals surface area contributed by atoms with E-state index in [1.54, 1.807) is 11.1 Å². The highest BCUT2D eigenvalue weighted by atomic mass is 15.2. The third kappa shape index (κ3) is 2.83. The van der Waals surface area contributed by atoms with Gasteiger partial charge in [-0.1, -0.05) is 24.3 Å². The second-order valence-electron chi connectivity index (χ2n) is 5.78. The molecule has 0 amide bonds. The third-order valence-electron chi connectivity index (χ3n) is 4.60. The molecule has 104 valence electrons. The first-order valence-electron chi connectivity index (χ1n) is 7.58. The van der Waals surface area contributed by atoms with E-state index in [1.165, 1.54) is 32.4 Å². The molecule has 1 fully saturated rings. The SMILES string of the molecule is CNCCNC1CCN2CCc3ccccc3C2C1. The maximum atomic E-state index is 3.70. The van der Waals surface area contributed by atoms with E-state index in [2.05, 4.69) is 39.8 Å². The van der Waals surface area contributed by atoms with Gasteiger partial charge in [-0.15, -0.1) is 0 Å². The van der Waals surface area contributed by atoms with Crippen LogP contribution in [0, 0.1) is 0 Å². The van der Waals surface area contributed by atoms with E-state index in [-0.39, 0.29) is 0 Å². The van der Waals surface area contributed by atoms with Crippen LogP contribution >= 0.6 is 0 Å². The number of hydrogen-bond donors (Lipinski definition) is 2. The lowest BCUT2D eigenvalue weighted by Gasteiger charge is -2.43. The van der Waals surface area contributed by atoms with E-state index in [9.17, 15) is 0 Å². The molecule has 0 spiro atoms. The van der Waals surface area contributed by atoms with Gasteiger partial charge in [0, 0.05) is 38.3 Å². The van der Waals surface area contributed by atoms with E-state index in [0.29, 0.717) is 12.1 Å². The van der Waals surface area contributed by atoms with Crippen LogP contribution < -0.4 is 10.6 Å². The van der Waals surface area contributed by atoms with Gasteiger partial charge in [-0.25, -0.2) is 0 Å². The minimum absolute atomic E-state index is 0.644. The van der Waals surface area contributed by atoms with Crippen molar-refractivity contribution < 1.29 is 0 Å². The zero-order valence-corrected chi connectivity index (χ0v) is 11.9. The van der Waals surface area contributed by atoms with Gasteiger partial charge in [0.25, 0.3) is 0 Å². The highest BCUT2D eigenvalue weighted by Crippen LogP contribution is 2.36. The maximum absolute atomic E-state index is 3.70. The molecular weight excluding hydrogens is 234 g/mol. The first kappa shape index (κ1) is 13.1. The first-order valence-corrected chi connectivity index (χ1v) is 7.58. The molecule has 3 nitrogen and oxygen atoms in total. The molecule has 1 saturated heterocycles. The van der Waals surface area contributed by atoms with Gasteiger partial charge in [0.15, 0.2) is 0 Å². The monoisotopic (exact) mass is 259 g/mol. The largest absolute Gasteiger partial charge is 0.318 e. The number of benzene rings is 1. The summed E-state index contributed by atoms with van der Waals surface area (Å²) in [7, 11) is 2.02. The molecule has 2 N–H and O–H groups in total. The molecule has 2 aliphatic heterocycles. The summed E-state index contributed by atoms with van der Waals surface area (Å²) in [5.74, 6) is 0. The van der Waals surface area contributed by atoms with Crippen molar-refractivity contribution in [3.05, 3.63) is 35.4 Å². The average Bonchev–Trinajstić information content (AvgIpc) is 2.47. The minimum atomic E-state index is 0.644. The maximum Gasteiger partial charge on any atom is 0.0365 e. The molecule has 3 rings (SSSR count). The summed E-state index contributed by atoms with van der Waals surface area (Å²) >= 11 is 0. The summed E-state index contributed by atoms with van der Waals surface area (Å²) in [6, 6.07) is 10.3. The molecule has 2 unspecified atom stereocenters. The normalized spacial score (nSPS) is 26.8. The molecule has 1 aromatic carbocycles. The van der Waals surface area contributed by atoms with Crippen molar-refractivity contribution in [2.45, 2.75) is 31.3 Å². The van der Waals surface area contributed by atoms with Crippen molar-refractivity contribution in [2.75, 3.05) is 33.2 Å². The quantitative estimate of drug-likeness (QED) is 0.804. The predicted octanol–water partition coefficient (Wildman–Crippen LogP) is 1.56. The smallest absolute Gasteiger partial charge is 0.0365 e. The summed E-state index contributed by atoms with van der Waals surface area (Å²) in [5.41, 5.74) is 3.15. The van der Waals surface area contributed by atoms with E-state index in [0.717, 1.165) is 13.1 Å². The van der Waals surface area contributed by atoms with Crippen LogP contribution in [-0.4, -0.2) is 44.2 Å². The van der Waals surface area contributed by atoms with Crippen molar-refractivity contribution in [3.8, 4) is 0 Å². The number of rotatable bonds is 4. The predicted molar refractivity (Wildman–Crippen MR) is 79.4 cm³/mol. The van der Waals surface area contributed by atoms with Gasteiger partial charge in [-0.2, -0.15) is 0 Å². The Balaban J connectivity index is 1.68. The Morgan fingerprint density at radius 2 is 2.11 bits per heavy atom. The Kier molecular flexibility index (Phi) is 4.16. The molecule has 2 aliphatic rings. The van der Waals surface area contributed by atoms with E-state index < -0.39 is 0 Å². The lowest BCUT2D eigenvalue weighted by atomic mass is 9.85. The van der Waals surface area contributed by atoms with E-state index in [1.807, 2.05) is 7.05 Å². The molecule has 1 aromatic rings. The van der Waals surface area contributed by atoms with E-state index >= 15 is 0 Å². The number of fused-ring (bicyclic) bond motifs is 3. The second-order valence-corrected chi connectivity index (χ2v) is 5.78. The molecule has 2 heterocycles. The van der Waals surface area contributed by atoms with Crippen LogP contribution in [0.5, 0.6) is 0 Å². The highest BCUT2D eigenvalue weighted by Gasteiger charge is 2.32. The molecule has 19 heavy (non-hydrogen) atoms. The molecule has 0 aromatic heterocycles. The van der Waals surface area contributed by atoms with Crippen LogP contribution in [0.2, 0.25) is 0 Å². The lowest BCUT2D eigenvalue weighted by molar-refractivity contribution is 0.116. The molecule has 0 saturated carbocycles. The molecule has 3 heteroatoms. The van der Waals surface area contributed by atoms with Crippen LogP contribution in [0.25, 0.3) is 0 Å². The minimum Gasteiger partial charge on any atom is -0.318 e. The zero-order chi connectivity index (χ0) is 13.1. The van der Waals surface area contributed by atoms with Crippen molar-refractivity contribution in [2.24, 2.45) is 0 Å². The fraction of sp³-hybridized carbons (Fsp3) is 0.625. The van der Waals surface area contributed by atoms with Crippen molar-refractivity contribution >= 4 is 0 Å². The Labute approximate surface area is 116 Å². The number of hydrogen-bond acceptors (Lipinski definition) is 3. The van der Waals surface area contributed by atoms with Gasteiger partial charge in [0.05, 0.1) is 0 Å². The third-order valence-corrected chi connectivity index (χ3v) is 4.60. The number of likely N-dealkylation sites (N-methyl/N-ethyl adjacent to an activating group) is 1. The lowest BCUT2D eigenvalue weighted by Crippen LogP contribution is -2.47. The summed E-state index contributed by atoms with van der Waals surface area (Å²) in [5, 5.41) is 6.90. The standard InChI is InChI=1S/C16H25N3/c1-17-8-9-18-14-7-11-19-10-6-13-4-2-3-5-15(13)16(19)12-14/h2-5,14,16-18H,6-12H2,1H3. The molecular formula is C16H25N3. The Bertz CT molecular complexity index is 418. The Hall–Kier alpha value is -0.900. The van der Waals surface area contributed by atoms with E-state index in [4.69, 9.17) is 0 Å². The Morgan fingerprint density at radius 1 is 1.21 bits per heavy atom. The molecule has 0 radical (unpaired) electrons. The number of piperidine rings is 1.